The number of amides is 1. The minimum atomic E-state index is -0.00174. The van der Waals surface area contributed by atoms with Gasteiger partial charge in [-0.25, -0.2) is 0 Å². The van der Waals surface area contributed by atoms with Crippen LogP contribution in [0.3, 0.4) is 0 Å². The first kappa shape index (κ1) is 12.6. The van der Waals surface area contributed by atoms with Gasteiger partial charge in [-0.1, -0.05) is 6.92 Å². The van der Waals surface area contributed by atoms with Crippen molar-refractivity contribution in [2.24, 2.45) is 0 Å². The minimum absolute atomic E-state index is 0.00174. The molecular weight excluding hydrogens is 256 g/mol. The number of carbonyl (C=O) groups excluding carboxylic acids is 1. The lowest BCUT2D eigenvalue weighted by Crippen LogP contribution is -2.38. The molecule has 0 spiro atoms. The predicted octanol–water partition coefficient (Wildman–Crippen LogP) is 3.01. The van der Waals surface area contributed by atoms with E-state index in [4.69, 9.17) is 0 Å². The van der Waals surface area contributed by atoms with Crippen molar-refractivity contribution in [2.75, 3.05) is 18.0 Å². The summed E-state index contributed by atoms with van der Waals surface area (Å²) < 4.78 is 1.27. The monoisotopic (exact) mass is 274 g/mol. The zero-order valence-electron chi connectivity index (χ0n) is 11.1. The van der Waals surface area contributed by atoms with Gasteiger partial charge in [-0.15, -0.1) is 11.3 Å². The van der Waals surface area contributed by atoms with Crippen molar-refractivity contribution in [3.05, 3.63) is 29.6 Å². The van der Waals surface area contributed by atoms with Crippen LogP contribution in [0.25, 0.3) is 10.1 Å². The fourth-order valence-electron chi connectivity index (χ4n) is 2.57. The van der Waals surface area contributed by atoms with Crippen LogP contribution in [0.5, 0.6) is 0 Å². The largest absolute Gasteiger partial charge is 0.311 e. The summed E-state index contributed by atoms with van der Waals surface area (Å²) in [6.07, 6.45) is 1.96. The Kier molecular flexibility index (Phi) is 3.53. The summed E-state index contributed by atoms with van der Waals surface area (Å²) in [5, 5.41) is 6.64. The van der Waals surface area contributed by atoms with E-state index in [1.165, 1.54) is 10.1 Å². The summed E-state index contributed by atoms with van der Waals surface area (Å²) in [5.41, 5.74) is 1.02. The third-order valence-corrected chi connectivity index (χ3v) is 4.49. The molecule has 1 aromatic carbocycles. The second-order valence-corrected chi connectivity index (χ2v) is 5.88. The Morgan fingerprint density at radius 3 is 3.16 bits per heavy atom. The van der Waals surface area contributed by atoms with Gasteiger partial charge in [0.25, 0.3) is 0 Å². The number of thiophene rings is 1. The van der Waals surface area contributed by atoms with Crippen LogP contribution in [0, 0.1) is 0 Å². The molecule has 1 unspecified atom stereocenters. The van der Waals surface area contributed by atoms with Gasteiger partial charge in [0.15, 0.2) is 0 Å². The summed E-state index contributed by atoms with van der Waals surface area (Å²) in [7, 11) is 0. The van der Waals surface area contributed by atoms with Gasteiger partial charge < -0.3 is 10.2 Å². The van der Waals surface area contributed by atoms with E-state index in [0.29, 0.717) is 0 Å². The van der Waals surface area contributed by atoms with Crippen LogP contribution >= 0.6 is 11.3 Å². The standard InChI is InChI=1S/C15H18N2OS/c1-2-7-16-13-5-8-17(15(13)18)12-3-4-14-11(10-12)6-9-19-14/h3-4,6,9-10,13,16H,2,5,7-8H2,1H3. The van der Waals surface area contributed by atoms with Gasteiger partial charge in [0, 0.05) is 16.9 Å². The van der Waals surface area contributed by atoms with Gasteiger partial charge in [-0.2, -0.15) is 0 Å². The molecule has 1 fully saturated rings. The van der Waals surface area contributed by atoms with Crippen LogP contribution in [0.15, 0.2) is 29.6 Å². The summed E-state index contributed by atoms with van der Waals surface area (Å²) >= 11 is 1.74. The van der Waals surface area contributed by atoms with Crippen molar-refractivity contribution in [3.63, 3.8) is 0 Å². The number of rotatable bonds is 4. The Hall–Kier alpha value is -1.39. The Balaban J connectivity index is 1.80. The molecule has 2 heterocycles. The number of hydrogen-bond acceptors (Lipinski definition) is 3. The molecule has 19 heavy (non-hydrogen) atoms. The second kappa shape index (κ2) is 5.31. The van der Waals surface area contributed by atoms with Crippen molar-refractivity contribution >= 4 is 33.0 Å². The Morgan fingerprint density at radius 1 is 1.42 bits per heavy atom. The first-order chi connectivity index (χ1) is 9.29. The smallest absolute Gasteiger partial charge is 0.244 e. The fraction of sp³-hybridized carbons (Fsp3) is 0.400. The van der Waals surface area contributed by atoms with E-state index in [9.17, 15) is 4.79 Å². The molecule has 1 amide bonds. The van der Waals surface area contributed by atoms with E-state index in [-0.39, 0.29) is 11.9 Å². The highest BCUT2D eigenvalue weighted by molar-refractivity contribution is 7.17. The molecule has 0 bridgehead atoms. The van der Waals surface area contributed by atoms with E-state index in [1.54, 1.807) is 11.3 Å². The Labute approximate surface area is 117 Å². The van der Waals surface area contributed by atoms with Gasteiger partial charge in [-0.3, -0.25) is 4.79 Å². The van der Waals surface area contributed by atoms with Crippen LogP contribution in [0.1, 0.15) is 19.8 Å². The molecule has 1 atom stereocenters. The molecule has 2 aromatic rings. The number of benzene rings is 1. The lowest BCUT2D eigenvalue weighted by atomic mass is 10.2. The van der Waals surface area contributed by atoms with Crippen LogP contribution in [-0.4, -0.2) is 25.0 Å². The zero-order valence-corrected chi connectivity index (χ0v) is 11.9. The maximum atomic E-state index is 12.4. The van der Waals surface area contributed by atoms with Crippen molar-refractivity contribution in [2.45, 2.75) is 25.8 Å². The lowest BCUT2D eigenvalue weighted by Gasteiger charge is -2.17. The second-order valence-electron chi connectivity index (χ2n) is 4.93. The van der Waals surface area contributed by atoms with E-state index in [1.807, 2.05) is 4.90 Å². The molecule has 3 rings (SSSR count). The number of carbonyl (C=O) groups is 1. The third-order valence-electron chi connectivity index (χ3n) is 3.59. The van der Waals surface area contributed by atoms with Crippen LogP contribution < -0.4 is 10.2 Å². The fourth-order valence-corrected chi connectivity index (χ4v) is 3.34. The SMILES string of the molecule is CCCNC1CCN(c2ccc3sccc3c2)C1=O. The Morgan fingerprint density at radius 2 is 2.32 bits per heavy atom. The minimum Gasteiger partial charge on any atom is -0.311 e. The number of nitrogens with one attached hydrogen (secondary N) is 1. The highest BCUT2D eigenvalue weighted by Crippen LogP contribution is 2.28. The molecular formula is C15H18N2OS. The molecule has 1 aliphatic heterocycles. The third kappa shape index (κ3) is 2.38. The molecule has 1 aliphatic rings. The van der Waals surface area contributed by atoms with E-state index in [2.05, 4.69) is 41.9 Å². The average molecular weight is 274 g/mol. The number of anilines is 1. The number of hydrogen-bond donors (Lipinski definition) is 1. The van der Waals surface area contributed by atoms with Gasteiger partial charge in [0.1, 0.15) is 0 Å². The van der Waals surface area contributed by atoms with Crippen molar-refractivity contribution < 1.29 is 4.79 Å². The predicted molar refractivity (Wildman–Crippen MR) is 80.9 cm³/mol. The number of fused-ring (bicyclic) bond motifs is 1. The van der Waals surface area contributed by atoms with Crippen molar-refractivity contribution in [1.82, 2.24) is 5.32 Å². The van der Waals surface area contributed by atoms with Gasteiger partial charge in [-0.05, 0) is 54.4 Å². The zero-order chi connectivity index (χ0) is 13.2. The molecule has 0 radical (unpaired) electrons. The van der Waals surface area contributed by atoms with Crippen LogP contribution in [-0.2, 0) is 4.79 Å². The highest BCUT2D eigenvalue weighted by Gasteiger charge is 2.31. The van der Waals surface area contributed by atoms with Gasteiger partial charge in [0.2, 0.25) is 5.91 Å². The number of nitrogens with zero attached hydrogens (tertiary/aromatic N) is 1. The summed E-state index contributed by atoms with van der Waals surface area (Å²) in [4.78, 5) is 14.3. The molecule has 0 aliphatic carbocycles. The molecule has 0 saturated carbocycles. The van der Waals surface area contributed by atoms with E-state index < -0.39 is 0 Å². The van der Waals surface area contributed by atoms with Gasteiger partial charge >= 0.3 is 0 Å². The molecule has 1 saturated heterocycles. The maximum absolute atomic E-state index is 12.4. The first-order valence-corrected chi connectivity index (χ1v) is 7.69. The van der Waals surface area contributed by atoms with Gasteiger partial charge in [0.05, 0.1) is 6.04 Å². The highest BCUT2D eigenvalue weighted by atomic mass is 32.1. The molecule has 4 heteroatoms. The summed E-state index contributed by atoms with van der Waals surface area (Å²) in [5.74, 6) is 0.211. The maximum Gasteiger partial charge on any atom is 0.244 e. The first-order valence-electron chi connectivity index (χ1n) is 6.81. The normalized spacial score (nSPS) is 19.5. The van der Waals surface area contributed by atoms with Crippen LogP contribution in [0.2, 0.25) is 0 Å². The van der Waals surface area contributed by atoms with E-state index in [0.717, 1.165) is 31.6 Å². The van der Waals surface area contributed by atoms with Crippen LogP contribution in [0.4, 0.5) is 5.69 Å². The quantitative estimate of drug-likeness (QED) is 0.929. The molecule has 100 valence electrons. The summed E-state index contributed by atoms with van der Waals surface area (Å²) in [6, 6.07) is 8.38. The molecule has 1 aromatic heterocycles. The Bertz CT molecular complexity index is 593. The van der Waals surface area contributed by atoms with Crippen molar-refractivity contribution in [3.8, 4) is 0 Å². The molecule has 3 nitrogen and oxygen atoms in total. The summed E-state index contributed by atoms with van der Waals surface area (Å²) in [6.45, 7) is 3.85. The lowest BCUT2D eigenvalue weighted by molar-refractivity contribution is -0.118. The van der Waals surface area contributed by atoms with E-state index >= 15 is 0 Å². The average Bonchev–Trinajstić information content (AvgIpc) is 3.02. The molecule has 1 N–H and O–H groups in total. The topological polar surface area (TPSA) is 32.3 Å². The van der Waals surface area contributed by atoms with Crippen molar-refractivity contribution in [1.29, 1.82) is 0 Å².